The van der Waals surface area contributed by atoms with E-state index >= 15 is 0 Å². The first-order valence-electron chi connectivity index (χ1n) is 11.8. The first kappa shape index (κ1) is 27.7. The van der Waals surface area contributed by atoms with Crippen LogP contribution in [0.1, 0.15) is 42.0 Å². The number of hydrogen-bond acceptors (Lipinski definition) is 7. The highest BCUT2D eigenvalue weighted by molar-refractivity contribution is 7.92. The van der Waals surface area contributed by atoms with Gasteiger partial charge in [-0.2, -0.15) is 13.2 Å². The van der Waals surface area contributed by atoms with Gasteiger partial charge in [0.1, 0.15) is 29.0 Å². The zero-order chi connectivity index (χ0) is 27.7. The summed E-state index contributed by atoms with van der Waals surface area (Å²) < 4.78 is 88.3. The van der Waals surface area contributed by atoms with Crippen LogP contribution in [0, 0.1) is 12.7 Å². The number of nitrogens with one attached hydrogen (secondary N) is 1. The van der Waals surface area contributed by atoms with Gasteiger partial charge in [0.15, 0.2) is 0 Å². The fourth-order valence-corrected chi connectivity index (χ4v) is 5.88. The molecule has 0 aliphatic heterocycles. The first-order valence-corrected chi connectivity index (χ1v) is 13.3. The average molecular weight is 554 g/mol. The molecule has 3 aromatic rings. The van der Waals surface area contributed by atoms with Crippen LogP contribution >= 0.6 is 0 Å². The summed E-state index contributed by atoms with van der Waals surface area (Å²) in [6.07, 6.45) is -1.08. The Morgan fingerprint density at radius 3 is 2.50 bits per heavy atom. The maximum atomic E-state index is 14.5. The Morgan fingerprint density at radius 2 is 1.87 bits per heavy atom. The topological polar surface area (TPSA) is 97.3 Å². The minimum Gasteiger partial charge on any atom is -0.473 e. The van der Waals surface area contributed by atoms with Crippen LogP contribution in [0.25, 0.3) is 0 Å². The molecule has 13 heteroatoms. The van der Waals surface area contributed by atoms with Crippen molar-refractivity contribution < 1.29 is 30.7 Å². The van der Waals surface area contributed by atoms with Gasteiger partial charge in [-0.05, 0) is 82.1 Å². The standard InChI is InChI=1S/C25H27F4N5O3S/c1-15-22(38(35,36)33-23-10-11-30-14-31-23)8-9-24(32-15)37-21-7-4-16(12-20(21)34(2)3)18-13-17(25(27,28)29)5-6-19(18)26/h5-6,8-11,13-14,16,20-21H,4,7,12H2,1-3H3,(H,30,31,33)/t16-,20?,21-/m0/s1. The zero-order valence-corrected chi connectivity index (χ0v) is 21.7. The molecule has 0 amide bonds. The molecule has 1 saturated carbocycles. The van der Waals surface area contributed by atoms with Gasteiger partial charge in [0, 0.05) is 18.3 Å². The van der Waals surface area contributed by atoms with E-state index < -0.39 is 33.5 Å². The molecule has 2 heterocycles. The van der Waals surface area contributed by atoms with Crippen molar-refractivity contribution >= 4 is 15.8 Å². The zero-order valence-electron chi connectivity index (χ0n) is 20.9. The highest BCUT2D eigenvalue weighted by Gasteiger charge is 2.37. The molecule has 2 aromatic heterocycles. The second-order valence-corrected chi connectivity index (χ2v) is 11.0. The number of hydrogen-bond donors (Lipinski definition) is 1. The van der Waals surface area contributed by atoms with E-state index in [0.29, 0.717) is 19.3 Å². The van der Waals surface area contributed by atoms with Crippen LogP contribution in [0.2, 0.25) is 0 Å². The van der Waals surface area contributed by atoms with E-state index in [-0.39, 0.29) is 40.0 Å². The Bertz CT molecular complexity index is 1390. The Morgan fingerprint density at radius 1 is 1.11 bits per heavy atom. The van der Waals surface area contributed by atoms with Gasteiger partial charge >= 0.3 is 6.18 Å². The molecule has 0 radical (unpaired) electrons. The molecular weight excluding hydrogens is 526 g/mol. The maximum absolute atomic E-state index is 14.5. The van der Waals surface area contributed by atoms with Crippen molar-refractivity contribution in [3.05, 3.63) is 71.6 Å². The normalized spacial score (nSPS) is 20.4. The summed E-state index contributed by atoms with van der Waals surface area (Å²) in [5.74, 6) is -0.754. The average Bonchev–Trinajstić information content (AvgIpc) is 2.84. The molecule has 3 atom stereocenters. The maximum Gasteiger partial charge on any atom is 0.416 e. The molecule has 4 rings (SSSR count). The second-order valence-electron chi connectivity index (χ2n) is 9.36. The molecule has 204 valence electrons. The number of sulfonamides is 1. The van der Waals surface area contributed by atoms with Crippen molar-refractivity contribution in [1.29, 1.82) is 0 Å². The van der Waals surface area contributed by atoms with E-state index in [9.17, 15) is 26.0 Å². The molecular formula is C25H27F4N5O3S. The van der Waals surface area contributed by atoms with Gasteiger partial charge in [-0.25, -0.2) is 27.8 Å². The summed E-state index contributed by atoms with van der Waals surface area (Å²) >= 11 is 0. The Hall–Kier alpha value is -3.32. The minimum atomic E-state index is -4.56. The van der Waals surface area contributed by atoms with E-state index in [4.69, 9.17) is 4.74 Å². The Balaban J connectivity index is 1.50. The molecule has 0 bridgehead atoms. The summed E-state index contributed by atoms with van der Waals surface area (Å²) in [6, 6.07) is 6.52. The van der Waals surface area contributed by atoms with Crippen LogP contribution in [-0.4, -0.2) is 54.5 Å². The van der Waals surface area contributed by atoms with Crippen molar-refractivity contribution in [2.75, 3.05) is 18.8 Å². The highest BCUT2D eigenvalue weighted by atomic mass is 32.2. The van der Waals surface area contributed by atoms with E-state index in [0.717, 1.165) is 18.2 Å². The summed E-state index contributed by atoms with van der Waals surface area (Å²) in [6.45, 7) is 1.54. The first-order chi connectivity index (χ1) is 17.8. The number of halogens is 4. The summed E-state index contributed by atoms with van der Waals surface area (Å²) in [4.78, 5) is 13.8. The monoisotopic (exact) mass is 553 g/mol. The van der Waals surface area contributed by atoms with Gasteiger partial charge in [-0.15, -0.1) is 0 Å². The van der Waals surface area contributed by atoms with E-state index in [1.807, 2.05) is 19.0 Å². The van der Waals surface area contributed by atoms with E-state index in [1.54, 1.807) is 0 Å². The molecule has 0 spiro atoms. The van der Waals surface area contributed by atoms with Gasteiger partial charge in [0.05, 0.1) is 11.3 Å². The lowest BCUT2D eigenvalue weighted by molar-refractivity contribution is -0.137. The fraction of sp³-hybridized carbons (Fsp3) is 0.400. The molecule has 8 nitrogen and oxygen atoms in total. The number of ether oxygens (including phenoxy) is 1. The number of anilines is 1. The smallest absolute Gasteiger partial charge is 0.416 e. The molecule has 1 unspecified atom stereocenters. The van der Waals surface area contributed by atoms with Gasteiger partial charge in [0.25, 0.3) is 10.0 Å². The molecule has 0 saturated heterocycles. The quantitative estimate of drug-likeness (QED) is 0.421. The predicted octanol–water partition coefficient (Wildman–Crippen LogP) is 4.78. The van der Waals surface area contributed by atoms with Gasteiger partial charge in [-0.1, -0.05) is 0 Å². The second kappa shape index (κ2) is 10.8. The van der Waals surface area contributed by atoms with Crippen molar-refractivity contribution in [1.82, 2.24) is 19.9 Å². The van der Waals surface area contributed by atoms with Gasteiger partial charge in [0.2, 0.25) is 5.88 Å². The number of aromatic nitrogens is 3. The van der Waals surface area contributed by atoms with Gasteiger partial charge < -0.3 is 9.64 Å². The van der Waals surface area contributed by atoms with Crippen LogP contribution < -0.4 is 9.46 Å². The molecule has 1 aliphatic rings. The highest BCUT2D eigenvalue weighted by Crippen LogP contribution is 2.40. The van der Waals surface area contributed by atoms with Crippen molar-refractivity contribution in [3.8, 4) is 5.88 Å². The number of rotatable bonds is 7. The van der Waals surface area contributed by atoms with Crippen molar-refractivity contribution in [2.45, 2.75) is 55.3 Å². The van der Waals surface area contributed by atoms with Crippen molar-refractivity contribution in [3.63, 3.8) is 0 Å². The SMILES string of the molecule is Cc1nc(O[C@H]2CC[C@H](c3cc(C(F)(F)F)ccc3F)CC2N(C)C)ccc1S(=O)(=O)Nc1ccncn1. The lowest BCUT2D eigenvalue weighted by atomic mass is 9.78. The lowest BCUT2D eigenvalue weighted by Crippen LogP contribution is -2.46. The molecule has 38 heavy (non-hydrogen) atoms. The molecule has 1 fully saturated rings. The Labute approximate surface area is 218 Å². The fourth-order valence-electron chi connectivity index (χ4n) is 4.69. The van der Waals surface area contributed by atoms with Crippen LogP contribution in [0.4, 0.5) is 23.4 Å². The summed E-state index contributed by atoms with van der Waals surface area (Å²) in [5, 5.41) is 0. The van der Waals surface area contributed by atoms with E-state index in [1.165, 1.54) is 37.6 Å². The van der Waals surface area contributed by atoms with Crippen LogP contribution in [0.5, 0.6) is 5.88 Å². The van der Waals surface area contributed by atoms with Gasteiger partial charge in [-0.3, -0.25) is 4.72 Å². The third kappa shape index (κ3) is 6.21. The number of alkyl halides is 3. The van der Waals surface area contributed by atoms with Crippen LogP contribution in [0.3, 0.4) is 0 Å². The van der Waals surface area contributed by atoms with Crippen LogP contribution in [0.15, 0.2) is 53.8 Å². The Kier molecular flexibility index (Phi) is 7.88. The van der Waals surface area contributed by atoms with E-state index in [2.05, 4.69) is 19.7 Å². The predicted molar refractivity (Wildman–Crippen MR) is 132 cm³/mol. The lowest BCUT2D eigenvalue weighted by Gasteiger charge is -2.39. The minimum absolute atomic E-state index is 0.0450. The number of nitrogens with zero attached hydrogens (tertiary/aromatic N) is 4. The van der Waals surface area contributed by atoms with Crippen LogP contribution in [-0.2, 0) is 16.2 Å². The largest absolute Gasteiger partial charge is 0.473 e. The number of benzene rings is 1. The van der Waals surface area contributed by atoms with Crippen molar-refractivity contribution in [2.24, 2.45) is 0 Å². The molecule has 1 N–H and O–H groups in total. The molecule has 1 aliphatic carbocycles. The third-order valence-corrected chi connectivity index (χ3v) is 8.06. The summed E-state index contributed by atoms with van der Waals surface area (Å²) in [7, 11) is -0.319. The summed E-state index contributed by atoms with van der Waals surface area (Å²) in [5.41, 5.74) is -0.618. The molecule has 1 aromatic carbocycles. The number of pyridine rings is 1. The third-order valence-electron chi connectivity index (χ3n) is 6.58. The number of likely N-dealkylation sites (N-methyl/N-ethyl adjacent to an activating group) is 1. The number of aryl methyl sites for hydroxylation is 1.